The lowest BCUT2D eigenvalue weighted by Crippen LogP contribution is -2.26. The van der Waals surface area contributed by atoms with Crippen molar-refractivity contribution >= 4 is 21.6 Å². The summed E-state index contributed by atoms with van der Waals surface area (Å²) < 4.78 is 27.3. The number of halogens is 1. The molecular formula is C15H17ClN2O2S. The largest absolute Gasteiger partial charge is 0.265 e. The summed E-state index contributed by atoms with van der Waals surface area (Å²) in [5, 5.41) is 0. The molecule has 0 radical (unpaired) electrons. The van der Waals surface area contributed by atoms with Crippen LogP contribution in [0.5, 0.6) is 0 Å². The fourth-order valence-corrected chi connectivity index (χ4v) is 3.42. The quantitative estimate of drug-likeness (QED) is 0.831. The summed E-state index contributed by atoms with van der Waals surface area (Å²) in [6, 6.07) is 10.0. The molecule has 0 unspecified atom stereocenters. The molecule has 0 spiro atoms. The number of pyridine rings is 1. The van der Waals surface area contributed by atoms with Gasteiger partial charge in [-0.25, -0.2) is 13.1 Å². The van der Waals surface area contributed by atoms with Crippen molar-refractivity contribution in [1.82, 2.24) is 9.71 Å². The first-order valence-electron chi connectivity index (χ1n) is 6.60. The highest BCUT2D eigenvalue weighted by atomic mass is 35.5. The normalized spacial score (nSPS) is 13.0. The predicted octanol–water partition coefficient (Wildman–Crippen LogP) is 2.90. The highest BCUT2D eigenvalue weighted by Gasteiger charge is 2.18. The second-order valence-corrected chi connectivity index (χ2v) is 6.80. The monoisotopic (exact) mass is 324 g/mol. The van der Waals surface area contributed by atoms with Crippen molar-refractivity contribution in [2.75, 3.05) is 5.88 Å². The fourth-order valence-electron chi connectivity index (χ4n) is 1.97. The minimum atomic E-state index is -3.54. The van der Waals surface area contributed by atoms with Crippen LogP contribution < -0.4 is 4.72 Å². The minimum Gasteiger partial charge on any atom is -0.265 e. The van der Waals surface area contributed by atoms with Crippen LogP contribution in [0.1, 0.15) is 24.1 Å². The van der Waals surface area contributed by atoms with Gasteiger partial charge in [-0.05, 0) is 48.7 Å². The van der Waals surface area contributed by atoms with E-state index < -0.39 is 10.0 Å². The van der Waals surface area contributed by atoms with Crippen molar-refractivity contribution in [3.8, 4) is 0 Å². The van der Waals surface area contributed by atoms with Crippen molar-refractivity contribution in [1.29, 1.82) is 0 Å². The molecule has 1 aromatic heterocycles. The van der Waals surface area contributed by atoms with E-state index in [1.807, 2.05) is 0 Å². The van der Waals surface area contributed by atoms with Gasteiger partial charge in [0.2, 0.25) is 10.0 Å². The molecule has 2 aromatic rings. The Morgan fingerprint density at radius 3 is 2.33 bits per heavy atom. The maximum absolute atomic E-state index is 12.3. The van der Waals surface area contributed by atoms with E-state index in [2.05, 4.69) is 9.71 Å². The Kier molecular flexibility index (Phi) is 5.33. The van der Waals surface area contributed by atoms with E-state index in [-0.39, 0.29) is 10.9 Å². The first kappa shape index (κ1) is 15.9. The van der Waals surface area contributed by atoms with Crippen LogP contribution in [0.3, 0.4) is 0 Å². The number of aryl methyl sites for hydroxylation is 1. The third-order valence-corrected chi connectivity index (χ3v) is 4.90. The Hall–Kier alpha value is -1.43. The molecule has 0 bridgehead atoms. The van der Waals surface area contributed by atoms with Crippen molar-refractivity contribution in [2.24, 2.45) is 0 Å². The zero-order chi connectivity index (χ0) is 15.3. The lowest BCUT2D eigenvalue weighted by atomic mass is 10.1. The SMILES string of the molecule is C[C@@H](NS(=O)(=O)c1ccc(CCCl)cc1)c1ccncc1. The smallest absolute Gasteiger partial charge is 0.241 e. The zero-order valence-electron chi connectivity index (χ0n) is 11.7. The lowest BCUT2D eigenvalue weighted by molar-refractivity contribution is 0.567. The molecule has 1 N–H and O–H groups in total. The van der Waals surface area contributed by atoms with Gasteiger partial charge in [0.05, 0.1) is 4.90 Å². The standard InChI is InChI=1S/C15H17ClN2O2S/c1-12(14-7-10-17-11-8-14)18-21(19,20)15-4-2-13(3-5-15)6-9-16/h2-5,7-8,10-12,18H,6,9H2,1H3/t12-/m1/s1. The van der Waals surface area contributed by atoms with Crippen LogP contribution in [-0.4, -0.2) is 19.3 Å². The molecule has 0 amide bonds. The van der Waals surface area contributed by atoms with E-state index in [0.29, 0.717) is 5.88 Å². The van der Waals surface area contributed by atoms with Crippen molar-refractivity contribution in [3.05, 3.63) is 59.9 Å². The second kappa shape index (κ2) is 7.02. The minimum absolute atomic E-state index is 0.252. The van der Waals surface area contributed by atoms with Gasteiger partial charge in [-0.2, -0.15) is 0 Å². The molecule has 0 saturated carbocycles. The Labute approximate surface area is 130 Å². The summed E-state index contributed by atoms with van der Waals surface area (Å²) in [7, 11) is -3.54. The molecule has 6 heteroatoms. The molecule has 0 fully saturated rings. The van der Waals surface area contributed by atoms with Crippen LogP contribution in [0, 0.1) is 0 Å². The van der Waals surface area contributed by atoms with Gasteiger partial charge in [0.15, 0.2) is 0 Å². The van der Waals surface area contributed by atoms with E-state index in [4.69, 9.17) is 11.6 Å². The number of benzene rings is 1. The van der Waals surface area contributed by atoms with Gasteiger partial charge in [0, 0.05) is 24.3 Å². The number of hydrogen-bond acceptors (Lipinski definition) is 3. The predicted molar refractivity (Wildman–Crippen MR) is 83.8 cm³/mol. The molecule has 0 aliphatic carbocycles. The van der Waals surface area contributed by atoms with E-state index >= 15 is 0 Å². The Morgan fingerprint density at radius 2 is 1.76 bits per heavy atom. The van der Waals surface area contributed by atoms with Crippen LogP contribution >= 0.6 is 11.6 Å². The summed E-state index contributed by atoms with van der Waals surface area (Å²) in [6.45, 7) is 1.80. The first-order chi connectivity index (χ1) is 10.0. The number of rotatable bonds is 6. The number of nitrogens with zero attached hydrogens (tertiary/aromatic N) is 1. The molecule has 1 aromatic carbocycles. The Bertz CT molecular complexity index is 673. The number of nitrogens with one attached hydrogen (secondary N) is 1. The summed E-state index contributed by atoms with van der Waals surface area (Å²) in [5.74, 6) is 0.517. The summed E-state index contributed by atoms with van der Waals surface area (Å²) in [5.41, 5.74) is 1.89. The summed E-state index contributed by atoms with van der Waals surface area (Å²) in [6.07, 6.45) is 4.00. The van der Waals surface area contributed by atoms with Crippen LogP contribution in [0.15, 0.2) is 53.7 Å². The Morgan fingerprint density at radius 1 is 1.14 bits per heavy atom. The zero-order valence-corrected chi connectivity index (χ0v) is 13.2. The van der Waals surface area contributed by atoms with Gasteiger partial charge in [-0.3, -0.25) is 4.98 Å². The summed E-state index contributed by atoms with van der Waals surface area (Å²) in [4.78, 5) is 4.17. The van der Waals surface area contributed by atoms with Crippen LogP contribution in [0.25, 0.3) is 0 Å². The summed E-state index contributed by atoms with van der Waals surface area (Å²) >= 11 is 5.67. The van der Waals surface area contributed by atoms with Gasteiger partial charge < -0.3 is 0 Å². The fraction of sp³-hybridized carbons (Fsp3) is 0.267. The van der Waals surface area contributed by atoms with Gasteiger partial charge >= 0.3 is 0 Å². The third kappa shape index (κ3) is 4.27. The van der Waals surface area contributed by atoms with Crippen molar-refractivity contribution < 1.29 is 8.42 Å². The highest BCUT2D eigenvalue weighted by Crippen LogP contribution is 2.17. The van der Waals surface area contributed by atoms with Gasteiger partial charge in [0.1, 0.15) is 0 Å². The molecule has 0 aliphatic heterocycles. The number of sulfonamides is 1. The van der Waals surface area contributed by atoms with Crippen LogP contribution in [0.4, 0.5) is 0 Å². The van der Waals surface area contributed by atoms with Crippen molar-refractivity contribution in [3.63, 3.8) is 0 Å². The molecule has 0 aliphatic rings. The lowest BCUT2D eigenvalue weighted by Gasteiger charge is -2.14. The molecule has 112 valence electrons. The number of hydrogen-bond donors (Lipinski definition) is 1. The van der Waals surface area contributed by atoms with Crippen LogP contribution in [-0.2, 0) is 16.4 Å². The van der Waals surface area contributed by atoms with E-state index in [1.165, 1.54) is 0 Å². The maximum Gasteiger partial charge on any atom is 0.241 e. The molecular weight excluding hydrogens is 308 g/mol. The van der Waals surface area contributed by atoms with Gasteiger partial charge in [0.25, 0.3) is 0 Å². The maximum atomic E-state index is 12.3. The first-order valence-corrected chi connectivity index (χ1v) is 8.62. The Balaban J connectivity index is 2.14. The molecule has 1 atom stereocenters. The highest BCUT2D eigenvalue weighted by molar-refractivity contribution is 7.89. The second-order valence-electron chi connectivity index (χ2n) is 4.71. The van der Waals surface area contributed by atoms with E-state index in [1.54, 1.807) is 55.7 Å². The van der Waals surface area contributed by atoms with Crippen molar-refractivity contribution in [2.45, 2.75) is 24.3 Å². The van der Waals surface area contributed by atoms with Gasteiger partial charge in [-0.15, -0.1) is 11.6 Å². The van der Waals surface area contributed by atoms with E-state index in [9.17, 15) is 8.42 Å². The van der Waals surface area contributed by atoms with Gasteiger partial charge in [-0.1, -0.05) is 12.1 Å². The molecule has 4 nitrogen and oxygen atoms in total. The van der Waals surface area contributed by atoms with Crippen LogP contribution in [0.2, 0.25) is 0 Å². The third-order valence-electron chi connectivity index (χ3n) is 3.15. The topological polar surface area (TPSA) is 59.1 Å². The molecule has 21 heavy (non-hydrogen) atoms. The molecule has 2 rings (SSSR count). The van der Waals surface area contributed by atoms with E-state index in [0.717, 1.165) is 17.5 Å². The number of aromatic nitrogens is 1. The average molecular weight is 325 g/mol. The number of alkyl halides is 1. The average Bonchev–Trinajstić information content (AvgIpc) is 2.48. The molecule has 1 heterocycles. The molecule has 0 saturated heterocycles.